The Morgan fingerprint density at radius 3 is 2.50 bits per heavy atom. The van der Waals surface area contributed by atoms with Crippen LogP contribution in [-0.4, -0.2) is 44.5 Å². The summed E-state index contributed by atoms with van der Waals surface area (Å²) in [5, 5.41) is -0.212. The molecule has 112 valence electrons. The van der Waals surface area contributed by atoms with Crippen LogP contribution in [0, 0.1) is 0 Å². The van der Waals surface area contributed by atoms with Gasteiger partial charge in [0.25, 0.3) is 0 Å². The Labute approximate surface area is 121 Å². The van der Waals surface area contributed by atoms with Crippen LogP contribution in [0.5, 0.6) is 0 Å². The molecule has 1 aromatic carbocycles. The summed E-state index contributed by atoms with van der Waals surface area (Å²) in [4.78, 5) is 2.23. The molecule has 1 heterocycles. The second kappa shape index (κ2) is 6.70. The smallest absolute Gasteiger partial charge is 0.154 e. The first-order valence-electron chi connectivity index (χ1n) is 7.02. The lowest BCUT2D eigenvalue weighted by atomic mass is 10.1. The van der Waals surface area contributed by atoms with Crippen LogP contribution in [0.25, 0.3) is 0 Å². The zero-order chi connectivity index (χ0) is 14.6. The molecule has 0 radical (unpaired) electrons. The molecule has 4 nitrogen and oxygen atoms in total. The van der Waals surface area contributed by atoms with Gasteiger partial charge in [0.2, 0.25) is 0 Å². The summed E-state index contributed by atoms with van der Waals surface area (Å²) in [6, 6.07) is 8.32. The third-order valence-electron chi connectivity index (χ3n) is 3.90. The second-order valence-electron chi connectivity index (χ2n) is 5.49. The number of rotatable bonds is 4. The summed E-state index contributed by atoms with van der Waals surface area (Å²) in [5.74, 6) is 0.274. The van der Waals surface area contributed by atoms with Gasteiger partial charge in [-0.1, -0.05) is 24.3 Å². The first-order valence-corrected chi connectivity index (χ1v) is 8.73. The van der Waals surface area contributed by atoms with E-state index in [4.69, 9.17) is 4.74 Å². The molecular weight excluding hydrogens is 274 g/mol. The zero-order valence-corrected chi connectivity index (χ0v) is 13.0. The molecule has 1 fully saturated rings. The fraction of sp³-hybridized carbons (Fsp3) is 0.600. The van der Waals surface area contributed by atoms with Gasteiger partial charge in [-0.15, -0.1) is 0 Å². The van der Waals surface area contributed by atoms with Gasteiger partial charge in [0.15, 0.2) is 9.84 Å². The molecule has 1 unspecified atom stereocenters. The maximum Gasteiger partial charge on any atom is 0.154 e. The molecule has 0 spiro atoms. The number of sulfone groups is 1. The number of hydrogen-bond acceptors (Lipinski definition) is 4. The third kappa shape index (κ3) is 4.04. The van der Waals surface area contributed by atoms with Gasteiger partial charge < -0.3 is 4.74 Å². The summed E-state index contributed by atoms with van der Waals surface area (Å²) >= 11 is 0. The zero-order valence-electron chi connectivity index (χ0n) is 12.2. The highest BCUT2D eigenvalue weighted by atomic mass is 32.2. The maximum absolute atomic E-state index is 11.9. The molecule has 20 heavy (non-hydrogen) atoms. The van der Waals surface area contributed by atoms with E-state index in [0.717, 1.165) is 25.1 Å². The van der Waals surface area contributed by atoms with Crippen LogP contribution in [0.3, 0.4) is 0 Å². The van der Waals surface area contributed by atoms with Crippen LogP contribution in [0.2, 0.25) is 0 Å². The predicted octanol–water partition coefficient (Wildman–Crippen LogP) is 1.84. The fourth-order valence-corrected chi connectivity index (χ4v) is 3.82. The monoisotopic (exact) mass is 297 g/mol. The van der Waals surface area contributed by atoms with Gasteiger partial charge in [-0.05, 0) is 31.0 Å². The van der Waals surface area contributed by atoms with Gasteiger partial charge in [-0.2, -0.15) is 0 Å². The normalized spacial score (nSPS) is 23.4. The lowest BCUT2D eigenvalue weighted by Crippen LogP contribution is -2.26. The Morgan fingerprint density at radius 1 is 1.20 bits per heavy atom. The number of nitrogens with zero attached hydrogens (tertiary/aromatic N) is 1. The summed E-state index contributed by atoms with van der Waals surface area (Å²) in [5.41, 5.74) is 2.38. The van der Waals surface area contributed by atoms with E-state index in [0.29, 0.717) is 13.2 Å². The van der Waals surface area contributed by atoms with Crippen molar-refractivity contribution < 1.29 is 13.2 Å². The minimum atomic E-state index is -2.90. The van der Waals surface area contributed by atoms with Gasteiger partial charge in [0, 0.05) is 20.2 Å². The molecule has 0 aromatic heterocycles. The Balaban J connectivity index is 1.96. The van der Waals surface area contributed by atoms with Crippen molar-refractivity contribution in [3.8, 4) is 0 Å². The van der Waals surface area contributed by atoms with E-state index in [1.54, 1.807) is 7.11 Å². The minimum Gasteiger partial charge on any atom is -0.380 e. The molecular formula is C15H23NO3S. The van der Waals surface area contributed by atoms with Crippen molar-refractivity contribution in [2.45, 2.75) is 31.7 Å². The lowest BCUT2D eigenvalue weighted by Gasteiger charge is -2.19. The summed E-state index contributed by atoms with van der Waals surface area (Å²) < 4.78 is 28.8. The van der Waals surface area contributed by atoms with Crippen LogP contribution in [-0.2, 0) is 27.7 Å². The average molecular weight is 297 g/mol. The molecule has 0 N–H and O–H groups in total. The Hall–Kier alpha value is -0.910. The van der Waals surface area contributed by atoms with Crippen molar-refractivity contribution in [1.82, 2.24) is 4.90 Å². The van der Waals surface area contributed by atoms with E-state index in [-0.39, 0.29) is 11.0 Å². The maximum atomic E-state index is 11.9. The van der Waals surface area contributed by atoms with Gasteiger partial charge in [-0.25, -0.2) is 8.42 Å². The van der Waals surface area contributed by atoms with Crippen molar-refractivity contribution in [3.05, 3.63) is 35.4 Å². The van der Waals surface area contributed by atoms with E-state index >= 15 is 0 Å². The number of methoxy groups -OCH3 is 1. The molecule has 0 saturated carbocycles. The van der Waals surface area contributed by atoms with E-state index in [1.807, 2.05) is 6.92 Å². The summed E-state index contributed by atoms with van der Waals surface area (Å²) in [6.45, 7) is 4.74. The van der Waals surface area contributed by atoms with E-state index < -0.39 is 9.84 Å². The van der Waals surface area contributed by atoms with E-state index in [9.17, 15) is 8.42 Å². The van der Waals surface area contributed by atoms with Crippen molar-refractivity contribution in [3.63, 3.8) is 0 Å². The second-order valence-corrected chi connectivity index (χ2v) is 8.03. The molecule has 1 aromatic rings. The van der Waals surface area contributed by atoms with Gasteiger partial charge >= 0.3 is 0 Å². The lowest BCUT2D eigenvalue weighted by molar-refractivity contribution is 0.185. The molecule has 1 atom stereocenters. The van der Waals surface area contributed by atoms with Crippen LogP contribution in [0.15, 0.2) is 24.3 Å². The van der Waals surface area contributed by atoms with Crippen molar-refractivity contribution in [1.29, 1.82) is 0 Å². The number of ether oxygens (including phenoxy) is 1. The molecule has 0 amide bonds. The highest BCUT2D eigenvalue weighted by Gasteiger charge is 2.26. The van der Waals surface area contributed by atoms with E-state index in [1.165, 1.54) is 5.56 Å². The largest absolute Gasteiger partial charge is 0.380 e. The molecule has 0 bridgehead atoms. The highest BCUT2D eigenvalue weighted by Crippen LogP contribution is 2.16. The Bertz CT molecular complexity index is 525. The van der Waals surface area contributed by atoms with E-state index in [2.05, 4.69) is 29.2 Å². The number of hydrogen-bond donors (Lipinski definition) is 0. The highest BCUT2D eigenvalue weighted by molar-refractivity contribution is 7.92. The molecule has 1 saturated heterocycles. The topological polar surface area (TPSA) is 46.6 Å². The van der Waals surface area contributed by atoms with Crippen LogP contribution in [0.1, 0.15) is 24.5 Å². The summed E-state index contributed by atoms with van der Waals surface area (Å²) in [7, 11) is -1.21. The van der Waals surface area contributed by atoms with Crippen LogP contribution < -0.4 is 0 Å². The first kappa shape index (κ1) is 15.5. The SMILES string of the molecule is COCc1ccc(CN2CCC(C)S(=O)(=O)CC2)cc1. The van der Waals surface area contributed by atoms with Crippen molar-refractivity contribution in [2.24, 2.45) is 0 Å². The van der Waals surface area contributed by atoms with Gasteiger partial charge in [0.1, 0.15) is 0 Å². The molecule has 2 rings (SSSR count). The Kier molecular flexibility index (Phi) is 5.18. The minimum absolute atomic E-state index is 0.212. The first-order chi connectivity index (χ1) is 9.51. The standard InChI is InChI=1S/C15H23NO3S/c1-13-7-8-16(9-10-20(13,17)18)11-14-3-5-15(6-4-14)12-19-2/h3-6,13H,7-12H2,1-2H3. The molecule has 5 heteroatoms. The van der Waals surface area contributed by atoms with Crippen molar-refractivity contribution in [2.75, 3.05) is 26.0 Å². The van der Waals surface area contributed by atoms with Gasteiger partial charge in [-0.3, -0.25) is 4.90 Å². The number of benzene rings is 1. The summed E-state index contributed by atoms with van der Waals surface area (Å²) in [6.07, 6.45) is 0.726. The fourth-order valence-electron chi connectivity index (χ4n) is 2.44. The quantitative estimate of drug-likeness (QED) is 0.851. The van der Waals surface area contributed by atoms with Crippen LogP contribution in [0.4, 0.5) is 0 Å². The van der Waals surface area contributed by atoms with Gasteiger partial charge in [0.05, 0.1) is 17.6 Å². The average Bonchev–Trinajstić information content (AvgIpc) is 2.54. The third-order valence-corrected chi connectivity index (χ3v) is 6.11. The molecule has 0 aliphatic carbocycles. The molecule has 1 aliphatic rings. The van der Waals surface area contributed by atoms with Crippen molar-refractivity contribution >= 4 is 9.84 Å². The van der Waals surface area contributed by atoms with Crippen LogP contribution >= 0.6 is 0 Å². The molecule has 1 aliphatic heterocycles. The predicted molar refractivity (Wildman–Crippen MR) is 80.3 cm³/mol. The Morgan fingerprint density at radius 2 is 1.85 bits per heavy atom.